The Balaban J connectivity index is 1.94. The largest absolute Gasteiger partial charge is 0.393 e. The average Bonchev–Trinajstić information content (AvgIpc) is 2.84. The van der Waals surface area contributed by atoms with Gasteiger partial charge in [-0.3, -0.25) is 9.48 Å². The van der Waals surface area contributed by atoms with Gasteiger partial charge in [0, 0.05) is 31.9 Å². The molecule has 0 bridgehead atoms. The fourth-order valence-electron chi connectivity index (χ4n) is 2.54. The summed E-state index contributed by atoms with van der Waals surface area (Å²) in [7, 11) is 1.80. The van der Waals surface area contributed by atoms with Crippen molar-refractivity contribution in [2.24, 2.45) is 18.7 Å². The normalized spacial score (nSPS) is 20.3. The van der Waals surface area contributed by atoms with Crippen molar-refractivity contribution in [1.82, 2.24) is 14.7 Å². The van der Waals surface area contributed by atoms with Gasteiger partial charge in [-0.25, -0.2) is 0 Å². The highest BCUT2D eigenvalue weighted by atomic mass is 16.3. The number of carbonyl (C=O) groups is 1. The summed E-state index contributed by atoms with van der Waals surface area (Å²) in [5, 5.41) is 13.6. The Kier molecular flexibility index (Phi) is 4.21. The van der Waals surface area contributed by atoms with Gasteiger partial charge in [0.05, 0.1) is 12.3 Å². The zero-order valence-corrected chi connectivity index (χ0v) is 11.5. The van der Waals surface area contributed by atoms with Crippen LogP contribution in [0.3, 0.4) is 0 Å². The number of aryl methyl sites for hydroxylation is 1. The van der Waals surface area contributed by atoms with Crippen molar-refractivity contribution in [1.29, 1.82) is 0 Å². The van der Waals surface area contributed by atoms with Crippen molar-refractivity contribution < 1.29 is 9.90 Å². The van der Waals surface area contributed by atoms with Gasteiger partial charge in [-0.05, 0) is 25.7 Å². The van der Waals surface area contributed by atoms with Crippen molar-refractivity contribution >= 4 is 5.91 Å². The van der Waals surface area contributed by atoms with Gasteiger partial charge in [0.25, 0.3) is 0 Å². The van der Waals surface area contributed by atoms with Crippen molar-refractivity contribution in [2.45, 2.75) is 31.9 Å². The van der Waals surface area contributed by atoms with E-state index in [9.17, 15) is 9.90 Å². The van der Waals surface area contributed by atoms with Crippen molar-refractivity contribution in [3.63, 3.8) is 0 Å². The van der Waals surface area contributed by atoms with Gasteiger partial charge in [-0.1, -0.05) is 0 Å². The van der Waals surface area contributed by atoms with Crippen LogP contribution in [0.25, 0.3) is 0 Å². The molecule has 0 radical (unpaired) electrons. The average molecular weight is 266 g/mol. The maximum atomic E-state index is 12.3. The van der Waals surface area contributed by atoms with E-state index in [0.29, 0.717) is 19.0 Å². The van der Waals surface area contributed by atoms with Crippen molar-refractivity contribution in [3.05, 3.63) is 18.0 Å². The molecule has 2 rings (SSSR count). The number of hydrogen-bond donors (Lipinski definition) is 2. The lowest BCUT2D eigenvalue weighted by Gasteiger charge is -2.34. The van der Waals surface area contributed by atoms with Gasteiger partial charge >= 0.3 is 0 Å². The fraction of sp³-hybridized carbons (Fsp3) is 0.692. The lowest BCUT2D eigenvalue weighted by atomic mass is 9.92. The number of nitrogens with two attached hydrogens (primary N) is 1. The van der Waals surface area contributed by atoms with Gasteiger partial charge in [0.1, 0.15) is 6.04 Å². The van der Waals surface area contributed by atoms with Gasteiger partial charge in [0.2, 0.25) is 5.91 Å². The van der Waals surface area contributed by atoms with E-state index < -0.39 is 6.04 Å². The smallest absolute Gasteiger partial charge is 0.244 e. The molecule has 2 heterocycles. The highest BCUT2D eigenvalue weighted by Crippen LogP contribution is 2.22. The second-order valence-electron chi connectivity index (χ2n) is 5.33. The highest BCUT2D eigenvalue weighted by molar-refractivity contribution is 5.83. The molecule has 6 nitrogen and oxygen atoms in total. The van der Waals surface area contributed by atoms with E-state index in [2.05, 4.69) is 5.10 Å². The number of aromatic nitrogens is 2. The molecule has 0 spiro atoms. The molecule has 2 atom stereocenters. The third-order valence-electron chi connectivity index (χ3n) is 3.88. The zero-order chi connectivity index (χ0) is 14.0. The van der Waals surface area contributed by atoms with E-state index in [4.69, 9.17) is 5.73 Å². The monoisotopic (exact) mass is 266 g/mol. The summed E-state index contributed by atoms with van der Waals surface area (Å²) in [6.45, 7) is 3.15. The number of nitrogens with zero attached hydrogens (tertiary/aromatic N) is 3. The van der Waals surface area contributed by atoms with Gasteiger partial charge in [0.15, 0.2) is 0 Å². The first-order chi connectivity index (χ1) is 8.99. The number of amides is 1. The lowest BCUT2D eigenvalue weighted by Crippen LogP contribution is -2.44. The van der Waals surface area contributed by atoms with Crippen LogP contribution in [0.1, 0.15) is 31.4 Å². The Morgan fingerprint density at radius 1 is 1.53 bits per heavy atom. The fourth-order valence-corrected chi connectivity index (χ4v) is 2.54. The number of likely N-dealkylation sites (tertiary alicyclic amines) is 1. The van der Waals surface area contributed by atoms with E-state index in [0.717, 1.165) is 18.4 Å². The van der Waals surface area contributed by atoms with E-state index >= 15 is 0 Å². The van der Waals surface area contributed by atoms with Crippen LogP contribution in [0.5, 0.6) is 0 Å². The molecule has 3 N–H and O–H groups in total. The molecule has 1 aliphatic heterocycles. The second kappa shape index (κ2) is 5.71. The number of piperidine rings is 1. The van der Waals surface area contributed by atoms with Gasteiger partial charge < -0.3 is 15.7 Å². The molecule has 1 fully saturated rings. The second-order valence-corrected chi connectivity index (χ2v) is 5.33. The van der Waals surface area contributed by atoms with Crippen LogP contribution in [0.15, 0.2) is 12.4 Å². The van der Waals surface area contributed by atoms with E-state index in [1.807, 2.05) is 6.92 Å². The predicted octanol–water partition coefficient (Wildman–Crippen LogP) is 0.0393. The molecule has 106 valence electrons. The summed E-state index contributed by atoms with van der Waals surface area (Å²) in [6, 6.07) is -0.642. The van der Waals surface area contributed by atoms with E-state index in [1.165, 1.54) is 0 Å². The molecule has 1 aromatic rings. The summed E-state index contributed by atoms with van der Waals surface area (Å²) in [4.78, 5) is 14.1. The molecule has 1 aliphatic rings. The minimum Gasteiger partial charge on any atom is -0.393 e. The van der Waals surface area contributed by atoms with Crippen LogP contribution >= 0.6 is 0 Å². The Labute approximate surface area is 113 Å². The first-order valence-electron chi connectivity index (χ1n) is 6.70. The summed E-state index contributed by atoms with van der Waals surface area (Å²) in [5.41, 5.74) is 6.72. The molecule has 6 heteroatoms. The van der Waals surface area contributed by atoms with Crippen LogP contribution in [0, 0.1) is 5.92 Å². The van der Waals surface area contributed by atoms with Crippen molar-refractivity contribution in [3.8, 4) is 0 Å². The molecule has 1 amide bonds. The zero-order valence-electron chi connectivity index (χ0n) is 11.5. The maximum absolute atomic E-state index is 12.3. The first-order valence-corrected chi connectivity index (χ1v) is 6.70. The topological polar surface area (TPSA) is 84.4 Å². The number of aliphatic hydroxyl groups is 1. The highest BCUT2D eigenvalue weighted by Gasteiger charge is 2.29. The lowest BCUT2D eigenvalue weighted by molar-refractivity contribution is -0.134. The summed E-state index contributed by atoms with van der Waals surface area (Å²) < 4.78 is 1.64. The minimum absolute atomic E-state index is 0.0583. The third kappa shape index (κ3) is 3.13. The number of hydrogen-bond acceptors (Lipinski definition) is 4. The Morgan fingerprint density at radius 3 is 2.63 bits per heavy atom. The van der Waals surface area contributed by atoms with Gasteiger partial charge in [-0.2, -0.15) is 5.10 Å². The van der Waals surface area contributed by atoms with Crippen LogP contribution in [0.4, 0.5) is 0 Å². The molecule has 1 saturated heterocycles. The molecular formula is C13H22N4O2. The first kappa shape index (κ1) is 14.0. The SMILES string of the molecule is CC(O)C1CCN(C(=O)C(N)c2cnn(C)c2)CC1. The molecule has 0 aromatic carbocycles. The predicted molar refractivity (Wildman–Crippen MR) is 71.1 cm³/mol. The number of aliphatic hydroxyl groups excluding tert-OH is 1. The van der Waals surface area contributed by atoms with Crippen LogP contribution < -0.4 is 5.73 Å². The summed E-state index contributed by atoms with van der Waals surface area (Å²) >= 11 is 0. The standard InChI is InChI=1S/C13H22N4O2/c1-9(18)10-3-5-17(6-4-10)13(19)12(14)11-7-15-16(2)8-11/h7-10,12,18H,3-6,14H2,1-2H3. The summed E-state index contributed by atoms with van der Waals surface area (Å²) in [5.74, 6) is 0.232. The minimum atomic E-state index is -0.642. The molecule has 1 aromatic heterocycles. The molecule has 19 heavy (non-hydrogen) atoms. The Bertz CT molecular complexity index is 436. The van der Waals surface area contributed by atoms with Crippen molar-refractivity contribution in [2.75, 3.05) is 13.1 Å². The van der Waals surface area contributed by atoms with Crippen LogP contribution in [-0.2, 0) is 11.8 Å². The Hall–Kier alpha value is -1.40. The quantitative estimate of drug-likeness (QED) is 0.809. The summed E-state index contributed by atoms with van der Waals surface area (Å²) in [6.07, 6.45) is 4.77. The van der Waals surface area contributed by atoms with Crippen LogP contribution in [-0.4, -0.2) is 44.9 Å². The molecule has 0 aliphatic carbocycles. The van der Waals surface area contributed by atoms with E-state index in [1.54, 1.807) is 29.0 Å². The molecule has 2 unspecified atom stereocenters. The molecular weight excluding hydrogens is 244 g/mol. The number of carbonyl (C=O) groups excluding carboxylic acids is 1. The van der Waals surface area contributed by atoms with E-state index in [-0.39, 0.29) is 12.0 Å². The Morgan fingerprint density at radius 2 is 2.16 bits per heavy atom. The maximum Gasteiger partial charge on any atom is 0.244 e. The number of rotatable bonds is 3. The van der Waals surface area contributed by atoms with Gasteiger partial charge in [-0.15, -0.1) is 0 Å². The molecule has 0 saturated carbocycles. The third-order valence-corrected chi connectivity index (χ3v) is 3.88. The van der Waals surface area contributed by atoms with Crippen LogP contribution in [0.2, 0.25) is 0 Å².